The maximum absolute atomic E-state index is 12.5. The normalized spacial score (nSPS) is 20.5. The molecule has 36 heavy (non-hydrogen) atoms. The number of imide groups is 1. The Labute approximate surface area is 223 Å². The smallest absolute Gasteiger partial charge is 0.325 e. The van der Waals surface area contributed by atoms with Crippen LogP contribution in [0, 0.1) is 0 Å². The lowest BCUT2D eigenvalue weighted by molar-refractivity contribution is -0.144. The molecule has 0 radical (unpaired) electrons. The molecule has 3 atom stereocenters. The lowest BCUT2D eigenvalue weighted by atomic mass is 10.1. The van der Waals surface area contributed by atoms with Gasteiger partial charge in [0.1, 0.15) is 25.0 Å². The fourth-order valence-corrected chi connectivity index (χ4v) is 5.53. The first-order valence-corrected chi connectivity index (χ1v) is 12.9. The van der Waals surface area contributed by atoms with Gasteiger partial charge in [-0.1, -0.05) is 47.6 Å². The van der Waals surface area contributed by atoms with Crippen LogP contribution in [0.25, 0.3) is 0 Å². The Balaban J connectivity index is 1.28. The molecule has 2 aromatic rings. The second-order valence-corrected chi connectivity index (χ2v) is 10.4. The van der Waals surface area contributed by atoms with E-state index in [1.165, 1.54) is 7.11 Å². The predicted molar refractivity (Wildman–Crippen MR) is 140 cm³/mol. The summed E-state index contributed by atoms with van der Waals surface area (Å²) in [6.45, 7) is 2.67. The summed E-state index contributed by atoms with van der Waals surface area (Å²) in [5.74, 6) is -0.337. The minimum Gasteiger partial charge on any atom is -0.491 e. The van der Waals surface area contributed by atoms with Crippen molar-refractivity contribution in [3.05, 3.63) is 64.7 Å². The van der Waals surface area contributed by atoms with E-state index in [0.29, 0.717) is 35.5 Å². The first kappa shape index (κ1) is 26.2. The van der Waals surface area contributed by atoms with Gasteiger partial charge in [0.2, 0.25) is 5.91 Å². The molecule has 0 bridgehead atoms. The standard InChI is InChI=1S/C25H25ClN2O6S2/c1-15(27-12-20(34-25(27)35)17-4-3-5-18(26)11-17)14-33-19-8-6-16(7-9-19)10-21-23(30)28(24(31)36-21)13-22(29)32-2/h3-9,11,15,20-21H,10,12-14H2,1-2H3/t15-,20+,21?/m1/s1. The molecule has 0 aliphatic carbocycles. The summed E-state index contributed by atoms with van der Waals surface area (Å²) in [6, 6.07) is 14.9. The van der Waals surface area contributed by atoms with Crippen LogP contribution < -0.4 is 4.74 Å². The molecule has 0 saturated carbocycles. The van der Waals surface area contributed by atoms with Gasteiger partial charge in [-0.25, -0.2) is 0 Å². The van der Waals surface area contributed by atoms with Crippen molar-refractivity contribution >= 4 is 57.9 Å². The largest absolute Gasteiger partial charge is 0.491 e. The van der Waals surface area contributed by atoms with Gasteiger partial charge in [-0.2, -0.15) is 0 Å². The minimum atomic E-state index is -0.630. The van der Waals surface area contributed by atoms with Crippen LogP contribution in [0.4, 0.5) is 4.79 Å². The zero-order chi connectivity index (χ0) is 25.8. The Bertz CT molecular complexity index is 1160. The molecule has 2 fully saturated rings. The zero-order valence-corrected chi connectivity index (χ0v) is 22.1. The molecule has 2 aliphatic heterocycles. The SMILES string of the molecule is COC(=O)CN1C(=O)SC(Cc2ccc(OC[C@@H](C)N3C[C@@H](c4cccc(Cl)c4)OC3=S)cc2)C1=O. The van der Waals surface area contributed by atoms with E-state index >= 15 is 0 Å². The van der Waals surface area contributed by atoms with Crippen molar-refractivity contribution in [1.29, 1.82) is 0 Å². The van der Waals surface area contributed by atoms with Crippen molar-refractivity contribution in [2.45, 2.75) is 30.7 Å². The van der Waals surface area contributed by atoms with E-state index in [2.05, 4.69) is 4.74 Å². The molecule has 8 nitrogen and oxygen atoms in total. The number of carbonyl (C=O) groups excluding carboxylic acids is 3. The number of methoxy groups -OCH3 is 1. The average molecular weight is 549 g/mol. The Kier molecular flexibility index (Phi) is 8.38. The molecule has 2 aromatic carbocycles. The van der Waals surface area contributed by atoms with Gasteiger partial charge in [-0.05, 0) is 61.0 Å². The van der Waals surface area contributed by atoms with Crippen LogP contribution >= 0.6 is 35.6 Å². The molecule has 190 valence electrons. The molecule has 0 N–H and O–H groups in total. The number of esters is 1. The van der Waals surface area contributed by atoms with Gasteiger partial charge in [0.25, 0.3) is 10.4 Å². The predicted octanol–water partition coefficient (Wildman–Crippen LogP) is 4.25. The van der Waals surface area contributed by atoms with Crippen molar-refractivity contribution in [2.75, 3.05) is 26.8 Å². The number of thiocarbonyl (C=S) groups is 1. The number of hydrogen-bond acceptors (Lipinski definition) is 8. The van der Waals surface area contributed by atoms with Crippen LogP contribution in [0.15, 0.2) is 48.5 Å². The highest BCUT2D eigenvalue weighted by Gasteiger charge is 2.40. The van der Waals surface area contributed by atoms with Crippen LogP contribution in [-0.4, -0.2) is 70.2 Å². The third-order valence-electron chi connectivity index (χ3n) is 5.95. The number of rotatable bonds is 9. The van der Waals surface area contributed by atoms with Gasteiger partial charge < -0.3 is 19.1 Å². The molecule has 1 unspecified atom stereocenters. The molecule has 0 spiro atoms. The number of hydrogen-bond donors (Lipinski definition) is 0. The van der Waals surface area contributed by atoms with Crippen molar-refractivity contribution in [2.24, 2.45) is 0 Å². The Morgan fingerprint density at radius 1 is 1.25 bits per heavy atom. The van der Waals surface area contributed by atoms with Crippen LogP contribution in [0.5, 0.6) is 5.75 Å². The summed E-state index contributed by atoms with van der Waals surface area (Å²) >= 11 is 12.5. The second kappa shape index (κ2) is 11.5. The van der Waals surface area contributed by atoms with E-state index < -0.39 is 16.5 Å². The molecule has 11 heteroatoms. The molecule has 2 amide bonds. The molecule has 4 rings (SSSR count). The number of thioether (sulfide) groups is 1. The number of ether oxygens (including phenoxy) is 3. The first-order chi connectivity index (χ1) is 17.2. The zero-order valence-electron chi connectivity index (χ0n) is 19.7. The first-order valence-electron chi connectivity index (χ1n) is 11.3. The van der Waals surface area contributed by atoms with Crippen molar-refractivity contribution in [3.8, 4) is 5.75 Å². The second-order valence-electron chi connectivity index (χ2n) is 8.46. The van der Waals surface area contributed by atoms with Gasteiger partial charge in [0.15, 0.2) is 0 Å². The third kappa shape index (κ3) is 6.11. The summed E-state index contributed by atoms with van der Waals surface area (Å²) < 4.78 is 16.4. The van der Waals surface area contributed by atoms with Crippen LogP contribution in [0.1, 0.15) is 24.2 Å². The van der Waals surface area contributed by atoms with E-state index in [0.717, 1.165) is 27.8 Å². The maximum atomic E-state index is 12.5. The molecular formula is C25H25ClN2O6S2. The highest BCUT2D eigenvalue weighted by Crippen LogP contribution is 2.31. The lowest BCUT2D eigenvalue weighted by Crippen LogP contribution is -2.37. The third-order valence-corrected chi connectivity index (χ3v) is 7.59. The van der Waals surface area contributed by atoms with Crippen molar-refractivity contribution in [3.63, 3.8) is 0 Å². The van der Waals surface area contributed by atoms with E-state index in [1.807, 2.05) is 60.4 Å². The van der Waals surface area contributed by atoms with Crippen LogP contribution in [0.2, 0.25) is 5.02 Å². The summed E-state index contributed by atoms with van der Waals surface area (Å²) in [6.07, 6.45) is 0.193. The Morgan fingerprint density at radius 3 is 2.69 bits per heavy atom. The van der Waals surface area contributed by atoms with Gasteiger partial charge in [0, 0.05) is 5.02 Å². The number of amides is 2. The van der Waals surface area contributed by atoms with E-state index in [1.54, 1.807) is 0 Å². The van der Waals surface area contributed by atoms with Gasteiger partial charge >= 0.3 is 5.97 Å². The lowest BCUT2D eigenvalue weighted by Gasteiger charge is -2.23. The van der Waals surface area contributed by atoms with Gasteiger partial charge in [-0.15, -0.1) is 0 Å². The number of halogens is 1. The van der Waals surface area contributed by atoms with Gasteiger partial charge in [0.05, 0.1) is 24.9 Å². The minimum absolute atomic E-state index is 0.0133. The van der Waals surface area contributed by atoms with Crippen LogP contribution in [0.3, 0.4) is 0 Å². The van der Waals surface area contributed by atoms with Crippen LogP contribution in [-0.2, 0) is 25.5 Å². The fourth-order valence-electron chi connectivity index (χ4n) is 3.93. The number of carbonyl (C=O) groups is 3. The molecular weight excluding hydrogens is 524 g/mol. The van der Waals surface area contributed by atoms with Crippen molar-refractivity contribution < 1.29 is 28.6 Å². The summed E-state index contributed by atoms with van der Waals surface area (Å²) in [4.78, 5) is 39.0. The number of benzene rings is 2. The quantitative estimate of drug-likeness (QED) is 0.337. The molecule has 2 saturated heterocycles. The summed E-state index contributed by atoms with van der Waals surface area (Å²) in [5, 5.41) is 0.0746. The average Bonchev–Trinajstić information content (AvgIpc) is 3.38. The Hall–Kier alpha value is -2.82. The molecule has 0 aromatic heterocycles. The highest BCUT2D eigenvalue weighted by atomic mass is 35.5. The highest BCUT2D eigenvalue weighted by molar-refractivity contribution is 8.15. The van der Waals surface area contributed by atoms with E-state index in [9.17, 15) is 14.4 Å². The van der Waals surface area contributed by atoms with E-state index in [-0.39, 0.29) is 24.6 Å². The molecule has 2 aliphatic rings. The fraction of sp³-hybridized carbons (Fsp3) is 0.360. The van der Waals surface area contributed by atoms with Crippen molar-refractivity contribution in [1.82, 2.24) is 9.80 Å². The number of nitrogens with zero attached hydrogens (tertiary/aromatic N) is 2. The van der Waals surface area contributed by atoms with E-state index in [4.69, 9.17) is 33.3 Å². The topological polar surface area (TPSA) is 85.4 Å². The Morgan fingerprint density at radius 2 is 2.00 bits per heavy atom. The summed E-state index contributed by atoms with van der Waals surface area (Å²) in [5.41, 5.74) is 1.86. The monoisotopic (exact) mass is 548 g/mol. The molecule has 2 heterocycles. The maximum Gasteiger partial charge on any atom is 0.325 e. The summed E-state index contributed by atoms with van der Waals surface area (Å²) in [7, 11) is 1.22. The van der Waals surface area contributed by atoms with Gasteiger partial charge in [-0.3, -0.25) is 19.3 Å².